The Morgan fingerprint density at radius 1 is 0.943 bits per heavy atom. The average molecular weight is 506 g/mol. The maximum absolute atomic E-state index is 12.0. The number of aromatic amines is 1. The molecule has 176 valence electrons. The van der Waals surface area contributed by atoms with Crippen LogP contribution in [0.5, 0.6) is 11.5 Å². The van der Waals surface area contributed by atoms with Crippen molar-refractivity contribution in [1.29, 1.82) is 0 Å². The van der Waals surface area contributed by atoms with Gasteiger partial charge in [-0.3, -0.25) is 4.98 Å². The highest BCUT2D eigenvalue weighted by Gasteiger charge is 2.16. The number of nitrogens with zero attached hydrogens (tertiary/aromatic N) is 4. The predicted octanol–water partition coefficient (Wildman–Crippen LogP) is 5.25. The summed E-state index contributed by atoms with van der Waals surface area (Å²) in [6.45, 7) is 1.58. The molecule has 0 saturated carbocycles. The second-order valence-electron chi connectivity index (χ2n) is 7.75. The number of sulfone groups is 1. The van der Waals surface area contributed by atoms with Gasteiger partial charge in [-0.2, -0.15) is 0 Å². The maximum atomic E-state index is 12.0. The number of hydrogen-bond donors (Lipinski definition) is 1. The first-order valence-corrected chi connectivity index (χ1v) is 12.9. The van der Waals surface area contributed by atoms with Crippen LogP contribution in [0.3, 0.4) is 0 Å². The number of aromatic nitrogens is 5. The zero-order valence-electron chi connectivity index (χ0n) is 18.6. The zero-order chi connectivity index (χ0) is 24.4. The summed E-state index contributed by atoms with van der Waals surface area (Å²) >= 11 is 6.32. The Morgan fingerprint density at radius 2 is 1.80 bits per heavy atom. The second kappa shape index (κ2) is 9.44. The van der Waals surface area contributed by atoms with Crippen molar-refractivity contribution in [1.82, 2.24) is 24.9 Å². The molecule has 8 nitrogen and oxygen atoms in total. The van der Waals surface area contributed by atoms with Crippen LogP contribution in [0.1, 0.15) is 18.1 Å². The van der Waals surface area contributed by atoms with E-state index in [1.54, 1.807) is 25.4 Å². The number of pyridine rings is 3. The smallest absolute Gasteiger partial charge is 0.195 e. The summed E-state index contributed by atoms with van der Waals surface area (Å²) in [6, 6.07) is 16.1. The summed E-state index contributed by atoms with van der Waals surface area (Å²) < 4.78 is 30.1. The Labute approximate surface area is 207 Å². The van der Waals surface area contributed by atoms with Crippen molar-refractivity contribution in [3.05, 3.63) is 89.5 Å². The highest BCUT2D eigenvalue weighted by Crippen LogP contribution is 2.31. The molecule has 10 heteroatoms. The van der Waals surface area contributed by atoms with Gasteiger partial charge < -0.3 is 9.72 Å². The molecule has 0 radical (unpaired) electrons. The van der Waals surface area contributed by atoms with Crippen molar-refractivity contribution < 1.29 is 13.2 Å². The van der Waals surface area contributed by atoms with Crippen LogP contribution in [0.15, 0.2) is 78.2 Å². The van der Waals surface area contributed by atoms with Gasteiger partial charge in [0.1, 0.15) is 22.3 Å². The van der Waals surface area contributed by atoms with Gasteiger partial charge in [0, 0.05) is 24.9 Å². The van der Waals surface area contributed by atoms with Gasteiger partial charge in [0.2, 0.25) is 0 Å². The normalized spacial score (nSPS) is 11.6. The van der Waals surface area contributed by atoms with Crippen LogP contribution in [0.25, 0.3) is 22.6 Å². The molecule has 5 aromatic rings. The molecule has 4 aromatic heterocycles. The largest absolute Gasteiger partial charge is 0.456 e. The molecule has 1 aromatic carbocycles. The molecular formula is C25H20ClN5O3S. The first-order valence-electron chi connectivity index (χ1n) is 10.8. The first kappa shape index (κ1) is 22.9. The summed E-state index contributed by atoms with van der Waals surface area (Å²) in [4.78, 5) is 20.7. The van der Waals surface area contributed by atoms with Crippen LogP contribution in [0.2, 0.25) is 5.15 Å². The van der Waals surface area contributed by atoms with E-state index in [0.29, 0.717) is 34.6 Å². The van der Waals surface area contributed by atoms with Gasteiger partial charge in [-0.25, -0.2) is 23.4 Å². The van der Waals surface area contributed by atoms with Crippen molar-refractivity contribution in [3.63, 3.8) is 0 Å². The molecule has 0 spiro atoms. The van der Waals surface area contributed by atoms with Crippen LogP contribution in [-0.4, -0.2) is 39.1 Å². The average Bonchev–Trinajstić information content (AvgIpc) is 3.31. The standard InChI is InChI=1S/C25H20ClN5O3S/c1-2-35(32,33)22-9-8-18(15-29-22)34-19-13-17(12-16-6-5-11-28-24(16)26)23-21(14-19)30-25(31-23)20-7-3-4-10-27-20/h3-11,13-15H,2,12H2,1H3,(H,30,31). The van der Waals surface area contributed by atoms with E-state index in [1.165, 1.54) is 12.3 Å². The number of benzene rings is 1. The van der Waals surface area contributed by atoms with Gasteiger partial charge in [-0.15, -0.1) is 0 Å². The molecule has 0 unspecified atom stereocenters. The van der Waals surface area contributed by atoms with E-state index in [4.69, 9.17) is 21.3 Å². The third-order valence-electron chi connectivity index (χ3n) is 5.41. The highest BCUT2D eigenvalue weighted by atomic mass is 35.5. The van der Waals surface area contributed by atoms with Crippen molar-refractivity contribution in [2.75, 3.05) is 5.75 Å². The summed E-state index contributed by atoms with van der Waals surface area (Å²) in [6.07, 6.45) is 5.24. The lowest BCUT2D eigenvalue weighted by molar-refractivity contribution is 0.479. The van der Waals surface area contributed by atoms with Crippen LogP contribution < -0.4 is 4.74 Å². The fourth-order valence-corrected chi connectivity index (χ4v) is 4.60. The number of nitrogens with one attached hydrogen (secondary N) is 1. The summed E-state index contributed by atoms with van der Waals surface area (Å²) in [5, 5.41) is 0.438. The topological polar surface area (TPSA) is 111 Å². The van der Waals surface area contributed by atoms with Gasteiger partial charge >= 0.3 is 0 Å². The van der Waals surface area contributed by atoms with Gasteiger partial charge in [0.25, 0.3) is 0 Å². The third-order valence-corrected chi connectivity index (χ3v) is 7.39. The molecule has 0 aliphatic carbocycles. The zero-order valence-corrected chi connectivity index (χ0v) is 20.2. The Bertz CT molecular complexity index is 1600. The number of imidazole rings is 1. The molecule has 0 aliphatic heterocycles. The van der Waals surface area contributed by atoms with Gasteiger partial charge in [-0.1, -0.05) is 30.7 Å². The van der Waals surface area contributed by atoms with Crippen molar-refractivity contribution in [3.8, 4) is 23.0 Å². The second-order valence-corrected chi connectivity index (χ2v) is 10.3. The predicted molar refractivity (Wildman–Crippen MR) is 133 cm³/mol. The summed E-state index contributed by atoms with van der Waals surface area (Å²) in [5.41, 5.74) is 3.97. The van der Waals surface area contributed by atoms with Crippen LogP contribution in [0, 0.1) is 0 Å². The lowest BCUT2D eigenvalue weighted by atomic mass is 10.0. The van der Waals surface area contributed by atoms with Crippen molar-refractivity contribution >= 4 is 32.5 Å². The van der Waals surface area contributed by atoms with Gasteiger partial charge in [-0.05, 0) is 47.5 Å². The number of fused-ring (bicyclic) bond motifs is 1. The highest BCUT2D eigenvalue weighted by molar-refractivity contribution is 7.91. The fourth-order valence-electron chi connectivity index (χ4n) is 3.63. The molecule has 0 bridgehead atoms. The minimum Gasteiger partial charge on any atom is -0.456 e. The van der Waals surface area contributed by atoms with E-state index in [9.17, 15) is 8.42 Å². The fraction of sp³-hybridized carbons (Fsp3) is 0.120. The van der Waals surface area contributed by atoms with E-state index in [-0.39, 0.29) is 10.8 Å². The minimum absolute atomic E-state index is 0.0169. The molecule has 1 N–H and O–H groups in total. The molecule has 0 aliphatic rings. The van der Waals surface area contributed by atoms with Crippen LogP contribution >= 0.6 is 11.6 Å². The SMILES string of the molecule is CCS(=O)(=O)c1ccc(Oc2cc(Cc3cccnc3Cl)c3nc(-c4ccccn4)[nH]c3c2)cn1. The Kier molecular flexibility index (Phi) is 6.19. The molecule has 0 fully saturated rings. The number of ether oxygens (including phenoxy) is 1. The molecule has 0 atom stereocenters. The quantitative estimate of drug-likeness (QED) is 0.301. The molecule has 0 amide bonds. The summed E-state index contributed by atoms with van der Waals surface area (Å²) in [5.74, 6) is 1.56. The van der Waals surface area contributed by atoms with Crippen molar-refractivity contribution in [2.24, 2.45) is 0 Å². The molecule has 35 heavy (non-hydrogen) atoms. The Hall–Kier alpha value is -3.82. The molecular weight excluding hydrogens is 486 g/mol. The van der Waals surface area contributed by atoms with E-state index < -0.39 is 9.84 Å². The number of halogens is 1. The Morgan fingerprint density at radius 3 is 2.51 bits per heavy atom. The lowest BCUT2D eigenvalue weighted by Crippen LogP contribution is -2.05. The van der Waals surface area contributed by atoms with Gasteiger partial charge in [0.15, 0.2) is 20.7 Å². The molecule has 5 rings (SSSR count). The van der Waals surface area contributed by atoms with Gasteiger partial charge in [0.05, 0.1) is 23.0 Å². The van der Waals surface area contributed by atoms with E-state index >= 15 is 0 Å². The van der Waals surface area contributed by atoms with Crippen LogP contribution in [0.4, 0.5) is 0 Å². The number of H-pyrrole nitrogens is 1. The number of hydrogen-bond acceptors (Lipinski definition) is 7. The Balaban J connectivity index is 1.55. The minimum atomic E-state index is -3.39. The molecule has 0 saturated heterocycles. The first-order chi connectivity index (χ1) is 16.9. The third kappa shape index (κ3) is 4.87. The summed E-state index contributed by atoms with van der Waals surface area (Å²) in [7, 11) is -3.39. The number of rotatable bonds is 7. The lowest BCUT2D eigenvalue weighted by Gasteiger charge is -2.10. The van der Waals surface area contributed by atoms with E-state index in [1.807, 2.05) is 42.5 Å². The van der Waals surface area contributed by atoms with E-state index in [2.05, 4.69) is 19.9 Å². The van der Waals surface area contributed by atoms with Crippen LogP contribution in [-0.2, 0) is 16.3 Å². The maximum Gasteiger partial charge on any atom is 0.195 e. The monoisotopic (exact) mass is 505 g/mol. The molecule has 4 heterocycles. The van der Waals surface area contributed by atoms with E-state index in [0.717, 1.165) is 22.2 Å². The van der Waals surface area contributed by atoms with Crippen molar-refractivity contribution in [2.45, 2.75) is 18.4 Å².